The minimum absolute atomic E-state index is 0.718. The van der Waals surface area contributed by atoms with Gasteiger partial charge in [0.05, 0.1) is 0 Å². The van der Waals surface area contributed by atoms with Crippen LogP contribution < -0.4 is 5.73 Å². The number of rotatable bonds is 4. The summed E-state index contributed by atoms with van der Waals surface area (Å²) >= 11 is 5.86. The quantitative estimate of drug-likeness (QED) is 0.523. The Morgan fingerprint density at radius 3 is 2.53 bits per heavy atom. The highest BCUT2D eigenvalue weighted by Crippen LogP contribution is 2.11. The fourth-order valence-corrected chi connectivity index (χ4v) is 2.48. The van der Waals surface area contributed by atoms with Gasteiger partial charge < -0.3 is 10.6 Å². The average Bonchev–Trinajstić information content (AvgIpc) is 2.46. The number of nitrogens with two attached hydrogens (primary N) is 1. The first-order valence-electron chi connectivity index (χ1n) is 7.05. The highest BCUT2D eigenvalue weighted by Gasteiger charge is 2.11. The Bertz CT molecular complexity index is 408. The monoisotopic (exact) mass is 279 g/mol. The zero-order chi connectivity index (χ0) is 13.5. The molecule has 0 amide bonds. The van der Waals surface area contributed by atoms with Gasteiger partial charge in [-0.25, -0.2) is 0 Å². The number of aliphatic imine (C=N–C) groups is 1. The first-order chi connectivity index (χ1) is 9.25. The van der Waals surface area contributed by atoms with Crippen molar-refractivity contribution in [2.45, 2.75) is 32.1 Å². The maximum Gasteiger partial charge on any atom is 0.191 e. The number of nitrogens with zero attached hydrogens (tertiary/aromatic N) is 2. The lowest BCUT2D eigenvalue weighted by molar-refractivity contribution is 0.338. The molecule has 0 bridgehead atoms. The van der Waals surface area contributed by atoms with Crippen LogP contribution in [0, 0.1) is 0 Å². The molecule has 1 aliphatic heterocycles. The van der Waals surface area contributed by atoms with E-state index in [0.717, 1.165) is 43.5 Å². The molecule has 0 unspecified atom stereocenters. The van der Waals surface area contributed by atoms with E-state index in [4.69, 9.17) is 17.3 Å². The highest BCUT2D eigenvalue weighted by molar-refractivity contribution is 6.30. The molecular weight excluding hydrogens is 258 g/mol. The van der Waals surface area contributed by atoms with Gasteiger partial charge in [0.1, 0.15) is 0 Å². The minimum atomic E-state index is 0.718. The number of hydrogen-bond donors (Lipinski definition) is 1. The number of guanidine groups is 1. The zero-order valence-electron chi connectivity index (χ0n) is 11.3. The Morgan fingerprint density at radius 1 is 1.16 bits per heavy atom. The van der Waals surface area contributed by atoms with Crippen molar-refractivity contribution in [1.29, 1.82) is 0 Å². The lowest BCUT2D eigenvalue weighted by Crippen LogP contribution is -2.40. The van der Waals surface area contributed by atoms with Gasteiger partial charge in [-0.3, -0.25) is 4.99 Å². The molecule has 1 heterocycles. The first kappa shape index (κ1) is 14.2. The van der Waals surface area contributed by atoms with Crippen LogP contribution in [-0.2, 0) is 6.42 Å². The van der Waals surface area contributed by atoms with Crippen molar-refractivity contribution in [1.82, 2.24) is 4.90 Å². The molecule has 2 rings (SSSR count). The third-order valence-corrected chi connectivity index (χ3v) is 3.74. The summed E-state index contributed by atoms with van der Waals surface area (Å²) in [6, 6.07) is 8.00. The number of hydrogen-bond acceptors (Lipinski definition) is 1. The summed E-state index contributed by atoms with van der Waals surface area (Å²) in [5, 5.41) is 0.788. The van der Waals surface area contributed by atoms with Crippen molar-refractivity contribution in [3.05, 3.63) is 34.9 Å². The van der Waals surface area contributed by atoms with Crippen molar-refractivity contribution >= 4 is 17.6 Å². The molecular formula is C15H22ClN3. The van der Waals surface area contributed by atoms with Crippen LogP contribution in [0.1, 0.15) is 31.2 Å². The van der Waals surface area contributed by atoms with Gasteiger partial charge in [0.25, 0.3) is 0 Å². The van der Waals surface area contributed by atoms with Gasteiger partial charge in [0.2, 0.25) is 0 Å². The lowest BCUT2D eigenvalue weighted by atomic mass is 10.1. The van der Waals surface area contributed by atoms with Crippen molar-refractivity contribution in [2.75, 3.05) is 19.6 Å². The van der Waals surface area contributed by atoms with E-state index in [1.807, 2.05) is 12.1 Å². The molecule has 0 aliphatic carbocycles. The molecule has 0 saturated carbocycles. The van der Waals surface area contributed by atoms with E-state index >= 15 is 0 Å². The summed E-state index contributed by atoms with van der Waals surface area (Å²) < 4.78 is 0. The summed E-state index contributed by atoms with van der Waals surface area (Å²) in [5.74, 6) is 0.718. The smallest absolute Gasteiger partial charge is 0.191 e. The largest absolute Gasteiger partial charge is 0.370 e. The third-order valence-electron chi connectivity index (χ3n) is 3.49. The van der Waals surface area contributed by atoms with Crippen molar-refractivity contribution in [3.63, 3.8) is 0 Å². The molecule has 0 spiro atoms. The van der Waals surface area contributed by atoms with E-state index in [9.17, 15) is 0 Å². The van der Waals surface area contributed by atoms with Gasteiger partial charge in [-0.05, 0) is 49.8 Å². The number of aryl methyl sites for hydroxylation is 1. The summed E-state index contributed by atoms with van der Waals surface area (Å²) in [6.45, 7) is 2.92. The molecule has 2 N–H and O–H groups in total. The molecule has 0 radical (unpaired) electrons. The molecule has 0 aromatic heterocycles. The van der Waals surface area contributed by atoms with E-state index in [0.29, 0.717) is 0 Å². The maximum atomic E-state index is 6.01. The molecule has 19 heavy (non-hydrogen) atoms. The second kappa shape index (κ2) is 7.39. The van der Waals surface area contributed by atoms with E-state index < -0.39 is 0 Å². The fraction of sp³-hybridized carbons (Fsp3) is 0.533. The Balaban J connectivity index is 1.71. The van der Waals surface area contributed by atoms with Gasteiger partial charge in [-0.15, -0.1) is 0 Å². The van der Waals surface area contributed by atoms with Gasteiger partial charge in [-0.2, -0.15) is 0 Å². The third kappa shape index (κ3) is 4.75. The standard InChI is InChI=1S/C15H22ClN3/c16-14-8-6-13(7-9-14)5-4-10-18-15(17)19-11-2-1-3-12-19/h6-9H,1-5,10-12H2,(H2,17,18). The number of piperidine rings is 1. The van der Waals surface area contributed by atoms with Crippen LogP contribution in [0.2, 0.25) is 5.02 Å². The van der Waals surface area contributed by atoms with Crippen LogP contribution >= 0.6 is 11.6 Å². The Kier molecular flexibility index (Phi) is 5.52. The van der Waals surface area contributed by atoms with E-state index in [1.165, 1.54) is 24.8 Å². The predicted molar refractivity (Wildman–Crippen MR) is 81.7 cm³/mol. The second-order valence-corrected chi connectivity index (χ2v) is 5.45. The highest BCUT2D eigenvalue weighted by atomic mass is 35.5. The Hall–Kier alpha value is -1.22. The SMILES string of the molecule is NC(=NCCCc1ccc(Cl)cc1)N1CCCCC1. The summed E-state index contributed by atoms with van der Waals surface area (Å²) in [5.41, 5.74) is 7.31. The van der Waals surface area contributed by atoms with E-state index in [2.05, 4.69) is 22.0 Å². The van der Waals surface area contributed by atoms with Gasteiger partial charge in [0.15, 0.2) is 5.96 Å². The maximum absolute atomic E-state index is 6.01. The summed E-state index contributed by atoms with van der Waals surface area (Å²) in [7, 11) is 0. The molecule has 1 fully saturated rings. The number of likely N-dealkylation sites (tertiary alicyclic amines) is 1. The van der Waals surface area contributed by atoms with Crippen LogP contribution in [0.25, 0.3) is 0 Å². The minimum Gasteiger partial charge on any atom is -0.370 e. The fourth-order valence-electron chi connectivity index (χ4n) is 2.35. The van der Waals surface area contributed by atoms with Crippen LogP contribution in [0.5, 0.6) is 0 Å². The Morgan fingerprint density at radius 2 is 1.84 bits per heavy atom. The van der Waals surface area contributed by atoms with Crippen LogP contribution in [0.3, 0.4) is 0 Å². The van der Waals surface area contributed by atoms with E-state index in [-0.39, 0.29) is 0 Å². The topological polar surface area (TPSA) is 41.6 Å². The molecule has 1 saturated heterocycles. The molecule has 1 aromatic carbocycles. The zero-order valence-corrected chi connectivity index (χ0v) is 12.1. The molecule has 4 heteroatoms. The van der Waals surface area contributed by atoms with Crippen LogP contribution in [-0.4, -0.2) is 30.5 Å². The first-order valence-corrected chi connectivity index (χ1v) is 7.43. The van der Waals surface area contributed by atoms with Crippen molar-refractivity contribution in [3.8, 4) is 0 Å². The molecule has 3 nitrogen and oxygen atoms in total. The molecule has 1 aliphatic rings. The summed E-state index contributed by atoms with van der Waals surface area (Å²) in [4.78, 5) is 6.67. The second-order valence-electron chi connectivity index (χ2n) is 5.02. The normalized spacial score (nSPS) is 16.7. The average molecular weight is 280 g/mol. The molecule has 0 atom stereocenters. The predicted octanol–water partition coefficient (Wildman–Crippen LogP) is 3.07. The Labute approximate surface area is 120 Å². The molecule has 1 aromatic rings. The summed E-state index contributed by atoms with van der Waals surface area (Å²) in [6.07, 6.45) is 5.84. The van der Waals surface area contributed by atoms with Crippen LogP contribution in [0.4, 0.5) is 0 Å². The van der Waals surface area contributed by atoms with Crippen molar-refractivity contribution in [2.24, 2.45) is 10.7 Å². The van der Waals surface area contributed by atoms with Gasteiger partial charge in [0, 0.05) is 24.7 Å². The van der Waals surface area contributed by atoms with E-state index in [1.54, 1.807) is 0 Å². The number of halogens is 1. The van der Waals surface area contributed by atoms with Gasteiger partial charge in [-0.1, -0.05) is 23.7 Å². The number of benzene rings is 1. The van der Waals surface area contributed by atoms with Gasteiger partial charge >= 0.3 is 0 Å². The molecule has 104 valence electrons. The lowest BCUT2D eigenvalue weighted by Gasteiger charge is -2.27. The van der Waals surface area contributed by atoms with Crippen molar-refractivity contribution < 1.29 is 0 Å². The van der Waals surface area contributed by atoms with Crippen LogP contribution in [0.15, 0.2) is 29.3 Å².